The van der Waals surface area contributed by atoms with Gasteiger partial charge in [0.2, 0.25) is 0 Å². The summed E-state index contributed by atoms with van der Waals surface area (Å²) in [5.41, 5.74) is 1.43. The topological polar surface area (TPSA) is 65.0 Å². The molecule has 5 heteroatoms. The maximum atomic E-state index is 11.7. The molecule has 0 aliphatic carbocycles. The number of carboxylic acids is 1. The van der Waals surface area contributed by atoms with E-state index in [1.165, 1.54) is 0 Å². The molecule has 2 rings (SSSR count). The first-order chi connectivity index (χ1) is 11.9. The van der Waals surface area contributed by atoms with Crippen molar-refractivity contribution in [2.75, 3.05) is 14.2 Å². The van der Waals surface area contributed by atoms with Crippen LogP contribution in [0.2, 0.25) is 0 Å². The van der Waals surface area contributed by atoms with E-state index >= 15 is 0 Å². The predicted octanol–water partition coefficient (Wildman–Crippen LogP) is 4.12. The minimum Gasteiger partial charge on any atom is -0.497 e. The van der Waals surface area contributed by atoms with Crippen molar-refractivity contribution in [2.45, 2.75) is 20.0 Å². The Bertz CT molecular complexity index is 777. The molecule has 0 saturated carbocycles. The van der Waals surface area contributed by atoms with Gasteiger partial charge in [-0.15, -0.1) is 0 Å². The first-order valence-electron chi connectivity index (χ1n) is 7.88. The molecule has 0 aromatic heterocycles. The molecule has 0 radical (unpaired) electrons. The van der Waals surface area contributed by atoms with E-state index in [9.17, 15) is 9.90 Å². The monoisotopic (exact) mass is 342 g/mol. The van der Waals surface area contributed by atoms with Crippen molar-refractivity contribution >= 4 is 17.6 Å². The van der Waals surface area contributed by atoms with Crippen LogP contribution < -0.4 is 14.2 Å². The van der Waals surface area contributed by atoms with Gasteiger partial charge < -0.3 is 19.3 Å². The van der Waals surface area contributed by atoms with E-state index in [1.807, 2.05) is 13.8 Å². The summed E-state index contributed by atoms with van der Waals surface area (Å²) in [5, 5.41) is 9.59. The second-order valence-corrected chi connectivity index (χ2v) is 5.67. The molecule has 25 heavy (non-hydrogen) atoms. The zero-order chi connectivity index (χ0) is 18.4. The molecule has 0 fully saturated rings. The van der Waals surface area contributed by atoms with Gasteiger partial charge in [0.05, 0.1) is 25.9 Å². The molecule has 0 spiro atoms. The van der Waals surface area contributed by atoms with Crippen LogP contribution in [0.25, 0.3) is 11.6 Å². The minimum atomic E-state index is -1.02. The van der Waals surface area contributed by atoms with Crippen LogP contribution in [0, 0.1) is 0 Å². The highest BCUT2D eigenvalue weighted by Gasteiger charge is 2.13. The maximum absolute atomic E-state index is 11.7. The Balaban J connectivity index is 2.45. The predicted molar refractivity (Wildman–Crippen MR) is 97.3 cm³/mol. The van der Waals surface area contributed by atoms with Crippen LogP contribution in [-0.4, -0.2) is 31.4 Å². The minimum absolute atomic E-state index is 0.0154. The van der Waals surface area contributed by atoms with E-state index in [0.717, 1.165) is 0 Å². The van der Waals surface area contributed by atoms with Crippen molar-refractivity contribution in [3.8, 4) is 17.2 Å². The first-order valence-corrected chi connectivity index (χ1v) is 7.88. The molecule has 0 atom stereocenters. The lowest BCUT2D eigenvalue weighted by atomic mass is 10.0. The molecule has 132 valence electrons. The van der Waals surface area contributed by atoms with Crippen LogP contribution in [0.3, 0.4) is 0 Å². The zero-order valence-corrected chi connectivity index (χ0v) is 14.8. The lowest BCUT2D eigenvalue weighted by Gasteiger charge is -2.14. The largest absolute Gasteiger partial charge is 0.497 e. The number of carbonyl (C=O) groups is 1. The second-order valence-electron chi connectivity index (χ2n) is 5.67. The van der Waals surface area contributed by atoms with Gasteiger partial charge in [0.25, 0.3) is 0 Å². The molecule has 0 amide bonds. The molecular weight excluding hydrogens is 320 g/mol. The molecular formula is C20H22O5. The van der Waals surface area contributed by atoms with Gasteiger partial charge in [-0.2, -0.15) is 0 Å². The number of carboxylic acid groups (broad SMARTS) is 1. The Morgan fingerprint density at radius 1 is 1.04 bits per heavy atom. The molecule has 0 aliphatic heterocycles. The van der Waals surface area contributed by atoms with Gasteiger partial charge in [-0.05, 0) is 55.3 Å². The third-order valence-corrected chi connectivity index (χ3v) is 3.47. The van der Waals surface area contributed by atoms with Crippen LogP contribution in [0.15, 0.2) is 42.5 Å². The van der Waals surface area contributed by atoms with E-state index in [-0.39, 0.29) is 11.7 Å². The van der Waals surface area contributed by atoms with Crippen molar-refractivity contribution in [3.63, 3.8) is 0 Å². The standard InChI is InChI=1S/C20H22O5/c1-13(2)25-18-9-8-14(11-19(18)24-4)10-17(20(21)22)15-6-5-7-16(12-15)23-3/h5-13H,1-4H3,(H,21,22)/b17-10-. The average molecular weight is 342 g/mol. The van der Waals surface area contributed by atoms with E-state index < -0.39 is 5.97 Å². The van der Waals surface area contributed by atoms with Crippen molar-refractivity contribution in [2.24, 2.45) is 0 Å². The molecule has 1 N–H and O–H groups in total. The van der Waals surface area contributed by atoms with Crippen molar-refractivity contribution < 1.29 is 24.1 Å². The quantitative estimate of drug-likeness (QED) is 0.606. The summed E-state index contributed by atoms with van der Waals surface area (Å²) in [6.45, 7) is 3.86. The first kappa shape index (κ1) is 18.4. The number of hydrogen-bond donors (Lipinski definition) is 1. The van der Waals surface area contributed by atoms with Gasteiger partial charge >= 0.3 is 5.97 Å². The smallest absolute Gasteiger partial charge is 0.336 e. The number of aliphatic carboxylic acids is 1. The summed E-state index contributed by atoms with van der Waals surface area (Å²) in [5.74, 6) is 0.753. The van der Waals surface area contributed by atoms with Crippen LogP contribution in [-0.2, 0) is 4.79 Å². The summed E-state index contributed by atoms with van der Waals surface area (Å²) in [6, 6.07) is 12.3. The van der Waals surface area contributed by atoms with E-state index in [1.54, 1.807) is 62.8 Å². The highest BCUT2D eigenvalue weighted by molar-refractivity contribution is 6.20. The lowest BCUT2D eigenvalue weighted by Crippen LogP contribution is -2.06. The fraction of sp³-hybridized carbons (Fsp3) is 0.250. The lowest BCUT2D eigenvalue weighted by molar-refractivity contribution is -0.130. The van der Waals surface area contributed by atoms with Gasteiger partial charge in [-0.1, -0.05) is 18.2 Å². The second kappa shape index (κ2) is 8.24. The molecule has 0 heterocycles. The summed E-state index contributed by atoms with van der Waals surface area (Å²) in [7, 11) is 3.10. The van der Waals surface area contributed by atoms with E-state index in [0.29, 0.717) is 28.4 Å². The Morgan fingerprint density at radius 2 is 1.80 bits per heavy atom. The van der Waals surface area contributed by atoms with E-state index in [4.69, 9.17) is 14.2 Å². The van der Waals surface area contributed by atoms with Crippen LogP contribution in [0.5, 0.6) is 17.2 Å². The van der Waals surface area contributed by atoms with Crippen LogP contribution in [0.4, 0.5) is 0 Å². The Hall–Kier alpha value is -2.95. The van der Waals surface area contributed by atoms with Gasteiger partial charge in [0.15, 0.2) is 11.5 Å². The molecule has 5 nitrogen and oxygen atoms in total. The molecule has 2 aromatic carbocycles. The Morgan fingerprint density at radius 3 is 2.40 bits per heavy atom. The van der Waals surface area contributed by atoms with Gasteiger partial charge in [-0.3, -0.25) is 0 Å². The third kappa shape index (κ3) is 4.76. The van der Waals surface area contributed by atoms with Gasteiger partial charge in [-0.25, -0.2) is 4.79 Å². The summed E-state index contributed by atoms with van der Waals surface area (Å²) >= 11 is 0. The maximum Gasteiger partial charge on any atom is 0.336 e. The van der Waals surface area contributed by atoms with Crippen molar-refractivity contribution in [1.29, 1.82) is 0 Å². The van der Waals surface area contributed by atoms with Crippen LogP contribution >= 0.6 is 0 Å². The summed E-state index contributed by atoms with van der Waals surface area (Å²) in [6.07, 6.45) is 1.61. The molecule has 0 aliphatic rings. The van der Waals surface area contributed by atoms with E-state index in [2.05, 4.69) is 0 Å². The fourth-order valence-electron chi connectivity index (χ4n) is 2.35. The summed E-state index contributed by atoms with van der Waals surface area (Å²) in [4.78, 5) is 11.7. The molecule has 0 saturated heterocycles. The average Bonchev–Trinajstić information content (AvgIpc) is 2.60. The van der Waals surface area contributed by atoms with Crippen molar-refractivity contribution in [3.05, 3.63) is 53.6 Å². The molecule has 2 aromatic rings. The Labute approximate surface area is 147 Å². The third-order valence-electron chi connectivity index (χ3n) is 3.47. The zero-order valence-electron chi connectivity index (χ0n) is 14.8. The molecule has 0 bridgehead atoms. The molecule has 0 unspecified atom stereocenters. The number of hydrogen-bond acceptors (Lipinski definition) is 4. The number of ether oxygens (including phenoxy) is 3. The number of rotatable bonds is 7. The van der Waals surface area contributed by atoms with Crippen LogP contribution in [0.1, 0.15) is 25.0 Å². The number of methoxy groups -OCH3 is 2. The van der Waals surface area contributed by atoms with Gasteiger partial charge in [0, 0.05) is 0 Å². The number of benzene rings is 2. The normalized spacial score (nSPS) is 11.3. The Kier molecular flexibility index (Phi) is 6.06. The SMILES string of the molecule is COc1cccc(/C(=C/c2ccc(OC(C)C)c(OC)c2)C(=O)O)c1. The van der Waals surface area contributed by atoms with Crippen molar-refractivity contribution in [1.82, 2.24) is 0 Å². The fourth-order valence-corrected chi connectivity index (χ4v) is 2.35. The summed E-state index contributed by atoms with van der Waals surface area (Å²) < 4.78 is 16.2. The van der Waals surface area contributed by atoms with Gasteiger partial charge in [0.1, 0.15) is 5.75 Å². The highest BCUT2D eigenvalue weighted by atomic mass is 16.5. The highest BCUT2D eigenvalue weighted by Crippen LogP contribution is 2.31.